The summed E-state index contributed by atoms with van der Waals surface area (Å²) in [5.74, 6) is -0.765. The van der Waals surface area contributed by atoms with Gasteiger partial charge < -0.3 is 4.74 Å². The highest BCUT2D eigenvalue weighted by molar-refractivity contribution is 5.57. The van der Waals surface area contributed by atoms with Crippen molar-refractivity contribution in [3.05, 3.63) is 41.7 Å². The van der Waals surface area contributed by atoms with Crippen LogP contribution in [-0.4, -0.2) is 16.6 Å². The molecule has 200 valence electrons. The Balaban J connectivity index is 1.35. The molecule has 1 heterocycles. The fraction of sp³-hybridized carbons (Fsp3) is 0.677. The SMILES string of the molecule is CCCCCCCCCc1cnc(-c2ccc(OCCCCCCCC3CCCC3)c(F)c2F)nc1. The van der Waals surface area contributed by atoms with Crippen molar-refractivity contribution in [3.8, 4) is 17.1 Å². The second kappa shape index (κ2) is 16.7. The number of unbranched alkanes of at least 4 members (excludes halogenated alkanes) is 10. The number of ether oxygens (including phenoxy) is 1. The van der Waals surface area contributed by atoms with Gasteiger partial charge in [0.05, 0.1) is 12.2 Å². The molecule has 2 aromatic rings. The summed E-state index contributed by atoms with van der Waals surface area (Å²) in [6.45, 7) is 2.63. The Morgan fingerprint density at radius 2 is 1.42 bits per heavy atom. The highest BCUT2D eigenvalue weighted by Gasteiger charge is 2.18. The Hall–Kier alpha value is -2.04. The van der Waals surface area contributed by atoms with Crippen molar-refractivity contribution < 1.29 is 13.5 Å². The Labute approximate surface area is 217 Å². The summed E-state index contributed by atoms with van der Waals surface area (Å²) in [6, 6.07) is 3.01. The van der Waals surface area contributed by atoms with Crippen molar-refractivity contribution >= 4 is 0 Å². The smallest absolute Gasteiger partial charge is 0.201 e. The average molecular weight is 501 g/mol. The van der Waals surface area contributed by atoms with E-state index < -0.39 is 11.6 Å². The number of hydrogen-bond donors (Lipinski definition) is 0. The zero-order chi connectivity index (χ0) is 25.4. The van der Waals surface area contributed by atoms with Crippen LogP contribution in [-0.2, 0) is 6.42 Å². The molecule has 1 aliphatic rings. The van der Waals surface area contributed by atoms with Gasteiger partial charge in [0.25, 0.3) is 0 Å². The quantitative estimate of drug-likeness (QED) is 0.191. The zero-order valence-electron chi connectivity index (χ0n) is 22.4. The summed E-state index contributed by atoms with van der Waals surface area (Å²) < 4.78 is 34.9. The number of benzene rings is 1. The molecule has 0 radical (unpaired) electrons. The average Bonchev–Trinajstić information content (AvgIpc) is 3.42. The van der Waals surface area contributed by atoms with Gasteiger partial charge in [0.2, 0.25) is 5.82 Å². The summed E-state index contributed by atoms with van der Waals surface area (Å²) in [5, 5.41) is 0. The minimum absolute atomic E-state index is 0.0342. The van der Waals surface area contributed by atoms with Crippen LogP contribution in [0.3, 0.4) is 0 Å². The number of halogens is 2. The zero-order valence-corrected chi connectivity index (χ0v) is 22.4. The van der Waals surface area contributed by atoms with Gasteiger partial charge in [-0.15, -0.1) is 0 Å². The Morgan fingerprint density at radius 1 is 0.778 bits per heavy atom. The van der Waals surface area contributed by atoms with Crippen LogP contribution in [0.2, 0.25) is 0 Å². The largest absolute Gasteiger partial charge is 0.490 e. The fourth-order valence-electron chi connectivity index (χ4n) is 5.27. The highest BCUT2D eigenvalue weighted by Crippen LogP contribution is 2.30. The van der Waals surface area contributed by atoms with Gasteiger partial charge in [-0.05, 0) is 42.9 Å². The molecule has 3 rings (SSSR count). The van der Waals surface area contributed by atoms with Crippen molar-refractivity contribution in [1.82, 2.24) is 9.97 Å². The van der Waals surface area contributed by atoms with E-state index in [2.05, 4.69) is 16.9 Å². The number of rotatable bonds is 18. The molecule has 1 aromatic carbocycles. The molecule has 0 bridgehead atoms. The lowest BCUT2D eigenvalue weighted by Crippen LogP contribution is -2.03. The van der Waals surface area contributed by atoms with Crippen LogP contribution in [0.25, 0.3) is 11.4 Å². The summed E-state index contributed by atoms with van der Waals surface area (Å²) in [6.07, 6.45) is 25.9. The van der Waals surface area contributed by atoms with Crippen molar-refractivity contribution in [2.75, 3.05) is 6.61 Å². The molecular formula is C31H46F2N2O. The lowest BCUT2D eigenvalue weighted by Gasteiger charge is -2.10. The maximum Gasteiger partial charge on any atom is 0.201 e. The lowest BCUT2D eigenvalue weighted by molar-refractivity contribution is 0.284. The number of nitrogens with zero attached hydrogens (tertiary/aromatic N) is 2. The molecular weight excluding hydrogens is 454 g/mol. The van der Waals surface area contributed by atoms with Crippen LogP contribution in [0.4, 0.5) is 8.78 Å². The van der Waals surface area contributed by atoms with Gasteiger partial charge in [-0.2, -0.15) is 4.39 Å². The standard InChI is InChI=1S/C31H46F2N2O/c1-2-3-4-5-6-8-12-19-26-23-34-31(35-24-26)27-20-21-28(30(33)29(27)32)36-22-15-10-7-9-11-16-25-17-13-14-18-25/h20-21,23-25H,2-19,22H2,1H3. The van der Waals surface area contributed by atoms with Crippen LogP contribution >= 0.6 is 0 Å². The molecule has 1 saturated carbocycles. The van der Waals surface area contributed by atoms with E-state index in [1.165, 1.54) is 102 Å². The number of hydrogen-bond acceptors (Lipinski definition) is 3. The molecule has 1 aliphatic carbocycles. The molecule has 5 heteroatoms. The van der Waals surface area contributed by atoms with Gasteiger partial charge in [0.1, 0.15) is 0 Å². The summed E-state index contributed by atoms with van der Waals surface area (Å²) >= 11 is 0. The van der Waals surface area contributed by atoms with Gasteiger partial charge in [-0.25, -0.2) is 14.4 Å². The fourth-order valence-corrected chi connectivity index (χ4v) is 5.27. The van der Waals surface area contributed by atoms with Crippen LogP contribution in [0, 0.1) is 17.6 Å². The molecule has 0 N–H and O–H groups in total. The maximum atomic E-state index is 14.7. The van der Waals surface area contributed by atoms with E-state index >= 15 is 0 Å². The Bertz CT molecular complexity index is 866. The predicted molar refractivity (Wildman–Crippen MR) is 144 cm³/mol. The molecule has 3 nitrogen and oxygen atoms in total. The molecule has 0 saturated heterocycles. The minimum atomic E-state index is -0.959. The van der Waals surface area contributed by atoms with E-state index in [-0.39, 0.29) is 17.1 Å². The first-order valence-corrected chi connectivity index (χ1v) is 14.6. The van der Waals surface area contributed by atoms with Crippen LogP contribution in [0.5, 0.6) is 5.75 Å². The van der Waals surface area contributed by atoms with E-state index in [4.69, 9.17) is 4.74 Å². The summed E-state index contributed by atoms with van der Waals surface area (Å²) in [5.41, 5.74) is 1.11. The maximum absolute atomic E-state index is 14.7. The predicted octanol–water partition coefficient (Wildman–Crippen LogP) is 9.62. The monoisotopic (exact) mass is 500 g/mol. The first kappa shape index (κ1) is 28.5. The molecule has 0 amide bonds. The van der Waals surface area contributed by atoms with Crippen molar-refractivity contribution in [3.63, 3.8) is 0 Å². The van der Waals surface area contributed by atoms with Gasteiger partial charge in [0, 0.05) is 12.4 Å². The number of aromatic nitrogens is 2. The first-order valence-electron chi connectivity index (χ1n) is 14.6. The molecule has 0 aliphatic heterocycles. The van der Waals surface area contributed by atoms with Crippen LogP contribution < -0.4 is 4.74 Å². The molecule has 36 heavy (non-hydrogen) atoms. The Morgan fingerprint density at radius 3 is 2.14 bits per heavy atom. The van der Waals surface area contributed by atoms with Gasteiger partial charge in [0.15, 0.2) is 17.4 Å². The normalized spacial score (nSPS) is 14.0. The van der Waals surface area contributed by atoms with Crippen molar-refractivity contribution in [2.45, 2.75) is 122 Å². The van der Waals surface area contributed by atoms with E-state index in [0.29, 0.717) is 6.61 Å². The van der Waals surface area contributed by atoms with Gasteiger partial charge in [-0.1, -0.05) is 103 Å². The third-order valence-corrected chi connectivity index (χ3v) is 7.55. The highest BCUT2D eigenvalue weighted by atomic mass is 19.2. The van der Waals surface area contributed by atoms with E-state index in [0.717, 1.165) is 37.2 Å². The third-order valence-electron chi connectivity index (χ3n) is 7.55. The summed E-state index contributed by atoms with van der Waals surface area (Å²) in [7, 11) is 0. The van der Waals surface area contributed by atoms with Crippen molar-refractivity contribution in [2.24, 2.45) is 5.92 Å². The number of aryl methyl sites for hydroxylation is 1. The molecule has 1 aromatic heterocycles. The lowest BCUT2D eigenvalue weighted by atomic mass is 9.99. The van der Waals surface area contributed by atoms with Gasteiger partial charge >= 0.3 is 0 Å². The Kier molecular flexibility index (Phi) is 13.2. The topological polar surface area (TPSA) is 35.0 Å². The van der Waals surface area contributed by atoms with Gasteiger partial charge in [-0.3, -0.25) is 0 Å². The van der Waals surface area contributed by atoms with E-state index in [1.807, 2.05) is 0 Å². The first-order chi connectivity index (χ1) is 17.7. The van der Waals surface area contributed by atoms with Crippen molar-refractivity contribution in [1.29, 1.82) is 0 Å². The summed E-state index contributed by atoms with van der Waals surface area (Å²) in [4.78, 5) is 8.59. The van der Waals surface area contributed by atoms with E-state index in [9.17, 15) is 8.78 Å². The molecule has 0 spiro atoms. The second-order valence-electron chi connectivity index (χ2n) is 10.6. The second-order valence-corrected chi connectivity index (χ2v) is 10.6. The minimum Gasteiger partial charge on any atom is -0.490 e. The molecule has 0 atom stereocenters. The van der Waals surface area contributed by atoms with Crippen LogP contribution in [0.15, 0.2) is 24.5 Å². The molecule has 1 fully saturated rings. The van der Waals surface area contributed by atoms with E-state index in [1.54, 1.807) is 12.4 Å². The third kappa shape index (κ3) is 9.78. The van der Waals surface area contributed by atoms with Crippen LogP contribution in [0.1, 0.15) is 122 Å². The molecule has 0 unspecified atom stereocenters.